The highest BCUT2D eigenvalue weighted by atomic mass is 16.5. The Balaban J connectivity index is 3.23. The van der Waals surface area contributed by atoms with Gasteiger partial charge < -0.3 is 9.47 Å². The lowest BCUT2D eigenvalue weighted by atomic mass is 10.0. The molecule has 0 aromatic heterocycles. The van der Waals surface area contributed by atoms with Gasteiger partial charge >= 0.3 is 11.9 Å². The molecule has 0 atom stereocenters. The van der Waals surface area contributed by atoms with Crippen LogP contribution in [0.15, 0.2) is 12.2 Å². The summed E-state index contributed by atoms with van der Waals surface area (Å²) in [5, 5.41) is 0. The average molecular weight is 481 g/mol. The zero-order valence-corrected chi connectivity index (χ0v) is 22.8. The van der Waals surface area contributed by atoms with Gasteiger partial charge in [0.15, 0.2) is 0 Å². The van der Waals surface area contributed by atoms with Gasteiger partial charge in [0.05, 0.1) is 26.1 Å². The molecule has 0 fully saturated rings. The third-order valence-electron chi connectivity index (χ3n) is 6.24. The molecule has 0 aromatic rings. The normalized spacial score (nSPS) is 11.2. The Bertz CT molecular complexity index is 472. The van der Waals surface area contributed by atoms with Crippen molar-refractivity contribution in [3.8, 4) is 0 Å². The van der Waals surface area contributed by atoms with Crippen LogP contribution in [0.2, 0.25) is 0 Å². The fraction of sp³-hybridized carbons (Fsp3) is 0.867. The van der Waals surface area contributed by atoms with E-state index in [2.05, 4.69) is 13.8 Å². The summed E-state index contributed by atoms with van der Waals surface area (Å²) in [6.07, 6.45) is 30.2. The van der Waals surface area contributed by atoms with Crippen molar-refractivity contribution in [3.63, 3.8) is 0 Å². The Hall–Kier alpha value is -1.32. The number of hydrogen-bond donors (Lipinski definition) is 0. The van der Waals surface area contributed by atoms with Crippen molar-refractivity contribution >= 4 is 11.9 Å². The topological polar surface area (TPSA) is 52.6 Å². The number of carbonyl (C=O) groups excluding carboxylic acids is 2. The van der Waals surface area contributed by atoms with E-state index in [0.29, 0.717) is 13.2 Å². The van der Waals surface area contributed by atoms with Gasteiger partial charge in [-0.2, -0.15) is 0 Å². The number of rotatable bonds is 26. The summed E-state index contributed by atoms with van der Waals surface area (Å²) in [4.78, 5) is 23.3. The van der Waals surface area contributed by atoms with Gasteiger partial charge in [-0.05, 0) is 19.3 Å². The standard InChI is InChI=1S/C30H56O4/c1-3-5-7-9-10-11-12-13-14-15-16-17-18-19-20-21-22-24-28-34-30(32)26-25-29(31)33-27-23-8-6-4-2/h6,8H,3-5,7,9-28H2,1-2H3/b8-6-. The van der Waals surface area contributed by atoms with Gasteiger partial charge in [-0.1, -0.05) is 135 Å². The molecule has 0 bridgehead atoms. The Morgan fingerprint density at radius 3 is 1.29 bits per heavy atom. The van der Waals surface area contributed by atoms with Crippen molar-refractivity contribution in [2.75, 3.05) is 13.2 Å². The lowest BCUT2D eigenvalue weighted by Crippen LogP contribution is -2.11. The number of unbranched alkanes of at least 4 members (excludes halogenated alkanes) is 17. The molecule has 0 amide bonds. The smallest absolute Gasteiger partial charge is 0.306 e. The Morgan fingerprint density at radius 2 is 0.882 bits per heavy atom. The zero-order chi connectivity index (χ0) is 25.0. The van der Waals surface area contributed by atoms with Gasteiger partial charge in [0.2, 0.25) is 0 Å². The van der Waals surface area contributed by atoms with E-state index in [9.17, 15) is 9.59 Å². The predicted octanol–water partition coefficient (Wildman–Crippen LogP) is 9.25. The third-order valence-corrected chi connectivity index (χ3v) is 6.24. The van der Waals surface area contributed by atoms with E-state index in [4.69, 9.17) is 9.47 Å². The van der Waals surface area contributed by atoms with Crippen LogP contribution in [0.5, 0.6) is 0 Å². The summed E-state index contributed by atoms with van der Waals surface area (Å²) >= 11 is 0. The molecule has 0 rings (SSSR count). The van der Waals surface area contributed by atoms with Gasteiger partial charge in [0.25, 0.3) is 0 Å². The van der Waals surface area contributed by atoms with Crippen molar-refractivity contribution in [1.29, 1.82) is 0 Å². The second-order valence-corrected chi connectivity index (χ2v) is 9.62. The van der Waals surface area contributed by atoms with E-state index in [1.165, 1.54) is 103 Å². The molecule has 0 N–H and O–H groups in total. The van der Waals surface area contributed by atoms with Gasteiger partial charge in [-0.15, -0.1) is 0 Å². The fourth-order valence-corrected chi connectivity index (χ4v) is 4.06. The van der Waals surface area contributed by atoms with Crippen LogP contribution in [0.3, 0.4) is 0 Å². The van der Waals surface area contributed by atoms with Gasteiger partial charge in [0, 0.05) is 0 Å². The third kappa shape index (κ3) is 26.9. The van der Waals surface area contributed by atoms with Crippen molar-refractivity contribution in [1.82, 2.24) is 0 Å². The lowest BCUT2D eigenvalue weighted by Gasteiger charge is -2.06. The molecule has 0 aliphatic heterocycles. The number of allylic oxidation sites excluding steroid dienone is 1. The van der Waals surface area contributed by atoms with E-state index in [0.717, 1.165) is 25.7 Å². The SMILES string of the molecule is CC/C=C\CCOC(=O)CCC(=O)OCCCCCCCCCCCCCCCCCCCC. The van der Waals surface area contributed by atoms with Crippen LogP contribution in [0, 0.1) is 0 Å². The second-order valence-electron chi connectivity index (χ2n) is 9.62. The molecular formula is C30H56O4. The minimum atomic E-state index is -0.324. The van der Waals surface area contributed by atoms with E-state index >= 15 is 0 Å². The van der Waals surface area contributed by atoms with E-state index < -0.39 is 0 Å². The molecule has 0 saturated heterocycles. The Kier molecular flexibility index (Phi) is 26.8. The van der Waals surface area contributed by atoms with Crippen molar-refractivity contribution in [2.24, 2.45) is 0 Å². The predicted molar refractivity (Wildman–Crippen MR) is 144 cm³/mol. The van der Waals surface area contributed by atoms with Crippen molar-refractivity contribution in [3.05, 3.63) is 12.2 Å². The van der Waals surface area contributed by atoms with E-state index in [1.807, 2.05) is 12.2 Å². The van der Waals surface area contributed by atoms with Gasteiger partial charge in [0.1, 0.15) is 0 Å². The van der Waals surface area contributed by atoms with Crippen molar-refractivity contribution in [2.45, 2.75) is 155 Å². The van der Waals surface area contributed by atoms with Crippen LogP contribution in [0.4, 0.5) is 0 Å². The summed E-state index contributed by atoms with van der Waals surface area (Å²) in [7, 11) is 0. The molecule has 0 saturated carbocycles. The van der Waals surface area contributed by atoms with E-state index in [-0.39, 0.29) is 24.8 Å². The highest BCUT2D eigenvalue weighted by molar-refractivity contribution is 5.77. The molecule has 34 heavy (non-hydrogen) atoms. The second kappa shape index (κ2) is 27.9. The van der Waals surface area contributed by atoms with Crippen LogP contribution in [-0.2, 0) is 19.1 Å². The molecule has 0 radical (unpaired) electrons. The Labute approximate surface area is 211 Å². The monoisotopic (exact) mass is 480 g/mol. The quantitative estimate of drug-likeness (QED) is 0.0703. The number of carbonyl (C=O) groups is 2. The maximum absolute atomic E-state index is 11.7. The van der Waals surface area contributed by atoms with Gasteiger partial charge in [-0.25, -0.2) is 0 Å². The van der Waals surface area contributed by atoms with Crippen LogP contribution in [-0.4, -0.2) is 25.2 Å². The highest BCUT2D eigenvalue weighted by Gasteiger charge is 2.08. The molecular weight excluding hydrogens is 424 g/mol. The van der Waals surface area contributed by atoms with Crippen molar-refractivity contribution < 1.29 is 19.1 Å². The maximum atomic E-state index is 11.7. The molecule has 0 aliphatic rings. The Morgan fingerprint density at radius 1 is 0.500 bits per heavy atom. The minimum absolute atomic E-state index is 0.107. The van der Waals surface area contributed by atoms with Crippen LogP contribution in [0.1, 0.15) is 155 Å². The molecule has 0 aliphatic carbocycles. The largest absolute Gasteiger partial charge is 0.466 e. The lowest BCUT2D eigenvalue weighted by molar-refractivity contribution is -0.150. The molecule has 0 heterocycles. The minimum Gasteiger partial charge on any atom is -0.466 e. The van der Waals surface area contributed by atoms with E-state index in [1.54, 1.807) is 0 Å². The number of hydrogen-bond acceptors (Lipinski definition) is 4. The van der Waals surface area contributed by atoms with Gasteiger partial charge in [-0.3, -0.25) is 9.59 Å². The summed E-state index contributed by atoms with van der Waals surface area (Å²) < 4.78 is 10.3. The first-order valence-electron chi connectivity index (χ1n) is 14.7. The summed E-state index contributed by atoms with van der Waals surface area (Å²) in [6, 6.07) is 0. The van der Waals surface area contributed by atoms with Crippen LogP contribution < -0.4 is 0 Å². The van der Waals surface area contributed by atoms with Crippen LogP contribution >= 0.6 is 0 Å². The summed E-state index contributed by atoms with van der Waals surface area (Å²) in [6.45, 7) is 5.19. The zero-order valence-electron chi connectivity index (χ0n) is 22.8. The average Bonchev–Trinajstić information content (AvgIpc) is 2.84. The van der Waals surface area contributed by atoms with Crippen LogP contribution in [0.25, 0.3) is 0 Å². The molecule has 200 valence electrons. The number of ether oxygens (including phenoxy) is 2. The molecule has 4 nitrogen and oxygen atoms in total. The maximum Gasteiger partial charge on any atom is 0.306 e. The first kappa shape index (κ1) is 32.7. The first-order valence-corrected chi connectivity index (χ1v) is 14.7. The fourth-order valence-electron chi connectivity index (χ4n) is 4.06. The molecule has 0 spiro atoms. The molecule has 0 aromatic carbocycles. The highest BCUT2D eigenvalue weighted by Crippen LogP contribution is 2.14. The summed E-state index contributed by atoms with van der Waals surface area (Å²) in [5.74, 6) is -0.621. The summed E-state index contributed by atoms with van der Waals surface area (Å²) in [5.41, 5.74) is 0. The molecule has 0 unspecified atom stereocenters. The number of esters is 2. The molecule has 4 heteroatoms. The first-order chi connectivity index (χ1) is 16.7.